The van der Waals surface area contributed by atoms with Crippen LogP contribution in [-0.2, 0) is 4.79 Å². The Bertz CT molecular complexity index is 560. The molecule has 1 N–H and O–H groups in total. The molecule has 3 rings (SSSR count). The quantitative estimate of drug-likeness (QED) is 0.893. The highest BCUT2D eigenvalue weighted by atomic mass is 16.2. The van der Waals surface area contributed by atoms with E-state index in [9.17, 15) is 9.59 Å². The molecule has 124 valence electrons. The van der Waals surface area contributed by atoms with Gasteiger partial charge in [0.1, 0.15) is 0 Å². The zero-order valence-corrected chi connectivity index (χ0v) is 13.5. The number of amides is 2. The van der Waals surface area contributed by atoms with Crippen molar-refractivity contribution in [1.82, 2.24) is 20.2 Å². The molecule has 0 unspecified atom stereocenters. The Labute approximate surface area is 136 Å². The Morgan fingerprint density at radius 3 is 2.26 bits per heavy atom. The van der Waals surface area contributed by atoms with E-state index < -0.39 is 0 Å². The molecule has 1 aliphatic carbocycles. The minimum Gasteiger partial charge on any atom is -0.349 e. The number of piperazine rings is 1. The van der Waals surface area contributed by atoms with Crippen LogP contribution in [0.4, 0.5) is 5.95 Å². The van der Waals surface area contributed by atoms with Gasteiger partial charge in [-0.05, 0) is 12.8 Å². The predicted molar refractivity (Wildman–Crippen MR) is 86.2 cm³/mol. The summed E-state index contributed by atoms with van der Waals surface area (Å²) in [6, 6.07) is 0.293. The van der Waals surface area contributed by atoms with E-state index in [0.29, 0.717) is 43.7 Å². The van der Waals surface area contributed by atoms with Gasteiger partial charge in [0.2, 0.25) is 11.9 Å². The van der Waals surface area contributed by atoms with E-state index in [-0.39, 0.29) is 11.8 Å². The molecule has 0 atom stereocenters. The monoisotopic (exact) mass is 317 g/mol. The van der Waals surface area contributed by atoms with Gasteiger partial charge in [0.25, 0.3) is 5.91 Å². The first kappa shape index (κ1) is 15.7. The molecule has 1 aromatic heterocycles. The highest BCUT2D eigenvalue weighted by Gasteiger charge is 2.21. The van der Waals surface area contributed by atoms with Crippen molar-refractivity contribution in [3.05, 3.63) is 18.0 Å². The number of hydrogen-bond donors (Lipinski definition) is 1. The van der Waals surface area contributed by atoms with Crippen LogP contribution in [0.3, 0.4) is 0 Å². The molecule has 2 aliphatic rings. The van der Waals surface area contributed by atoms with Gasteiger partial charge >= 0.3 is 0 Å². The van der Waals surface area contributed by atoms with Gasteiger partial charge in [-0.3, -0.25) is 9.59 Å². The third-order valence-corrected chi connectivity index (χ3v) is 4.60. The van der Waals surface area contributed by atoms with Crippen molar-refractivity contribution in [1.29, 1.82) is 0 Å². The second kappa shape index (κ2) is 6.93. The lowest BCUT2D eigenvalue weighted by Gasteiger charge is -2.34. The summed E-state index contributed by atoms with van der Waals surface area (Å²) in [5.41, 5.74) is 0.503. The fraction of sp³-hybridized carbons (Fsp3) is 0.625. The number of hydrogen-bond acceptors (Lipinski definition) is 5. The summed E-state index contributed by atoms with van der Waals surface area (Å²) in [4.78, 5) is 36.0. The molecule has 1 saturated carbocycles. The van der Waals surface area contributed by atoms with Crippen molar-refractivity contribution in [3.8, 4) is 0 Å². The average Bonchev–Trinajstić information content (AvgIpc) is 3.08. The van der Waals surface area contributed by atoms with Gasteiger partial charge in [0, 0.05) is 51.5 Å². The summed E-state index contributed by atoms with van der Waals surface area (Å²) in [6.45, 7) is 4.38. The normalized spacial score (nSPS) is 19.0. The summed E-state index contributed by atoms with van der Waals surface area (Å²) in [7, 11) is 0. The maximum Gasteiger partial charge on any atom is 0.254 e. The predicted octanol–water partition coefficient (Wildman–Crippen LogP) is 0.817. The van der Waals surface area contributed by atoms with Gasteiger partial charge in [-0.1, -0.05) is 12.8 Å². The van der Waals surface area contributed by atoms with Gasteiger partial charge in [-0.25, -0.2) is 9.97 Å². The number of carbonyl (C=O) groups is 2. The molecule has 1 aromatic rings. The Hall–Kier alpha value is -2.18. The first-order chi connectivity index (χ1) is 11.1. The first-order valence-corrected chi connectivity index (χ1v) is 8.27. The lowest BCUT2D eigenvalue weighted by molar-refractivity contribution is -0.129. The maximum absolute atomic E-state index is 12.2. The minimum absolute atomic E-state index is 0.0927. The Morgan fingerprint density at radius 2 is 1.70 bits per heavy atom. The van der Waals surface area contributed by atoms with Gasteiger partial charge in [-0.2, -0.15) is 0 Å². The third-order valence-electron chi connectivity index (χ3n) is 4.60. The molecule has 2 fully saturated rings. The van der Waals surface area contributed by atoms with Crippen LogP contribution in [0.2, 0.25) is 0 Å². The molecule has 0 spiro atoms. The fourth-order valence-electron chi connectivity index (χ4n) is 3.16. The van der Waals surface area contributed by atoms with E-state index in [4.69, 9.17) is 0 Å². The van der Waals surface area contributed by atoms with Gasteiger partial charge < -0.3 is 15.1 Å². The number of aromatic nitrogens is 2. The maximum atomic E-state index is 12.2. The molecule has 2 amide bonds. The van der Waals surface area contributed by atoms with Crippen LogP contribution in [0.1, 0.15) is 43.0 Å². The van der Waals surface area contributed by atoms with Crippen LogP contribution < -0.4 is 10.2 Å². The molecular weight excluding hydrogens is 294 g/mol. The van der Waals surface area contributed by atoms with E-state index in [0.717, 1.165) is 12.8 Å². The minimum atomic E-state index is -0.0927. The number of rotatable bonds is 3. The standard InChI is InChI=1S/C16H23N5O2/c1-12(22)20-6-8-21(9-7-20)16-17-10-13(11-18-16)15(23)19-14-4-2-3-5-14/h10-11,14H,2-9H2,1H3,(H,19,23). The SMILES string of the molecule is CC(=O)N1CCN(c2ncc(C(=O)NC3CCCC3)cn2)CC1. The molecule has 0 radical (unpaired) electrons. The van der Waals surface area contributed by atoms with E-state index in [2.05, 4.69) is 15.3 Å². The zero-order chi connectivity index (χ0) is 16.2. The van der Waals surface area contributed by atoms with Crippen molar-refractivity contribution in [2.24, 2.45) is 0 Å². The zero-order valence-electron chi connectivity index (χ0n) is 13.5. The second-order valence-corrected chi connectivity index (χ2v) is 6.22. The summed E-state index contributed by atoms with van der Waals surface area (Å²) in [5.74, 6) is 0.625. The van der Waals surface area contributed by atoms with E-state index >= 15 is 0 Å². The molecule has 2 heterocycles. The second-order valence-electron chi connectivity index (χ2n) is 6.22. The smallest absolute Gasteiger partial charge is 0.254 e. The molecule has 1 aliphatic heterocycles. The summed E-state index contributed by atoms with van der Waals surface area (Å²) in [6.07, 6.45) is 7.67. The van der Waals surface area contributed by atoms with Gasteiger partial charge in [0.15, 0.2) is 0 Å². The number of nitrogens with zero attached hydrogens (tertiary/aromatic N) is 4. The molecule has 7 nitrogen and oxygen atoms in total. The van der Waals surface area contributed by atoms with Crippen LogP contribution >= 0.6 is 0 Å². The number of anilines is 1. The van der Waals surface area contributed by atoms with Crippen molar-refractivity contribution >= 4 is 17.8 Å². The first-order valence-electron chi connectivity index (χ1n) is 8.27. The molecular formula is C16H23N5O2. The van der Waals surface area contributed by atoms with Crippen molar-refractivity contribution in [2.45, 2.75) is 38.6 Å². The van der Waals surface area contributed by atoms with Crippen LogP contribution in [0.15, 0.2) is 12.4 Å². The van der Waals surface area contributed by atoms with E-state index in [1.165, 1.54) is 12.8 Å². The topological polar surface area (TPSA) is 78.4 Å². The molecule has 0 aromatic carbocycles. The van der Waals surface area contributed by atoms with Crippen molar-refractivity contribution < 1.29 is 9.59 Å². The highest BCUT2D eigenvalue weighted by molar-refractivity contribution is 5.93. The number of nitrogens with one attached hydrogen (secondary N) is 1. The van der Waals surface area contributed by atoms with E-state index in [1.807, 2.05) is 9.80 Å². The van der Waals surface area contributed by atoms with Crippen LogP contribution in [0.25, 0.3) is 0 Å². The third kappa shape index (κ3) is 3.78. The molecule has 23 heavy (non-hydrogen) atoms. The van der Waals surface area contributed by atoms with Gasteiger partial charge in [0.05, 0.1) is 5.56 Å². The Morgan fingerprint density at radius 1 is 1.09 bits per heavy atom. The Balaban J connectivity index is 1.56. The van der Waals surface area contributed by atoms with Crippen molar-refractivity contribution in [3.63, 3.8) is 0 Å². The van der Waals surface area contributed by atoms with Crippen molar-refractivity contribution in [2.75, 3.05) is 31.1 Å². The highest BCUT2D eigenvalue weighted by Crippen LogP contribution is 2.18. The number of carbonyl (C=O) groups excluding carboxylic acids is 2. The lowest BCUT2D eigenvalue weighted by atomic mass is 10.2. The van der Waals surface area contributed by atoms with E-state index in [1.54, 1.807) is 19.3 Å². The Kier molecular flexibility index (Phi) is 4.73. The lowest BCUT2D eigenvalue weighted by Crippen LogP contribution is -2.48. The van der Waals surface area contributed by atoms with Crippen LogP contribution in [0.5, 0.6) is 0 Å². The molecule has 1 saturated heterocycles. The van der Waals surface area contributed by atoms with Crippen LogP contribution in [0, 0.1) is 0 Å². The molecule has 7 heteroatoms. The molecule has 0 bridgehead atoms. The summed E-state index contributed by atoms with van der Waals surface area (Å²) >= 11 is 0. The summed E-state index contributed by atoms with van der Waals surface area (Å²) in [5, 5.41) is 3.04. The summed E-state index contributed by atoms with van der Waals surface area (Å²) < 4.78 is 0. The largest absolute Gasteiger partial charge is 0.349 e. The fourth-order valence-corrected chi connectivity index (χ4v) is 3.16. The average molecular weight is 317 g/mol. The van der Waals surface area contributed by atoms with Crippen LogP contribution in [-0.4, -0.2) is 58.9 Å². The van der Waals surface area contributed by atoms with Gasteiger partial charge in [-0.15, -0.1) is 0 Å².